The highest BCUT2D eigenvalue weighted by Gasteiger charge is 2.36. The smallest absolute Gasteiger partial charge is 0.0973 e. The zero-order chi connectivity index (χ0) is 22.6. The van der Waals surface area contributed by atoms with Gasteiger partial charge in [-0.1, -0.05) is 71.9 Å². The fraction of sp³-hybridized carbons (Fsp3) is 0.778. The van der Waals surface area contributed by atoms with Crippen LogP contribution < -0.4 is 5.32 Å². The molecule has 0 saturated heterocycles. The molecule has 0 aromatic rings. The van der Waals surface area contributed by atoms with Gasteiger partial charge in [-0.25, -0.2) is 0 Å². The molecule has 0 spiro atoms. The minimum Gasteiger partial charge on any atom is -0.321 e. The maximum Gasteiger partial charge on any atom is 0.0973 e. The van der Waals surface area contributed by atoms with E-state index in [2.05, 4.69) is 111 Å². The minimum atomic E-state index is 0.225. The third-order valence-electron chi connectivity index (χ3n) is 7.33. The van der Waals surface area contributed by atoms with E-state index in [1.807, 2.05) is 0 Å². The van der Waals surface area contributed by atoms with Gasteiger partial charge in [0.05, 0.1) is 26.2 Å². The van der Waals surface area contributed by atoms with Crippen molar-refractivity contribution in [1.29, 1.82) is 0 Å². The topological polar surface area (TPSA) is 12.0 Å². The van der Waals surface area contributed by atoms with Gasteiger partial charge in [-0.3, -0.25) is 0 Å². The van der Waals surface area contributed by atoms with Crippen molar-refractivity contribution in [3.05, 3.63) is 36.5 Å². The Morgan fingerprint density at radius 3 is 1.72 bits per heavy atom. The molecule has 0 saturated carbocycles. The molecule has 0 aromatic heterocycles. The molecule has 0 aliphatic heterocycles. The van der Waals surface area contributed by atoms with Crippen molar-refractivity contribution in [2.75, 3.05) is 33.7 Å². The highest BCUT2D eigenvalue weighted by atomic mass is 15.4. The largest absolute Gasteiger partial charge is 0.321 e. The predicted octanol–water partition coefficient (Wildman–Crippen LogP) is 7.14. The van der Waals surface area contributed by atoms with E-state index in [0.29, 0.717) is 0 Å². The molecule has 2 nitrogen and oxygen atoms in total. The van der Waals surface area contributed by atoms with Crippen molar-refractivity contribution >= 4 is 0 Å². The first kappa shape index (κ1) is 28.1. The van der Waals surface area contributed by atoms with Crippen LogP contribution in [0.15, 0.2) is 36.5 Å². The highest BCUT2D eigenvalue weighted by Crippen LogP contribution is 2.44. The van der Waals surface area contributed by atoms with Crippen LogP contribution in [0.2, 0.25) is 0 Å². The third kappa shape index (κ3) is 10.1. The van der Waals surface area contributed by atoms with Gasteiger partial charge < -0.3 is 9.80 Å². The van der Waals surface area contributed by atoms with Crippen LogP contribution in [0.4, 0.5) is 0 Å². The molecule has 0 bridgehead atoms. The lowest BCUT2D eigenvalue weighted by Crippen LogP contribution is -2.55. The molecule has 0 heterocycles. The summed E-state index contributed by atoms with van der Waals surface area (Å²) in [6.45, 7) is 22.0. The first-order valence-corrected chi connectivity index (χ1v) is 11.8. The van der Waals surface area contributed by atoms with Crippen molar-refractivity contribution in [2.45, 2.75) is 93.0 Å². The van der Waals surface area contributed by atoms with E-state index in [1.54, 1.807) is 0 Å². The molecular formula is C27H53N2+. The van der Waals surface area contributed by atoms with Gasteiger partial charge in [0.25, 0.3) is 0 Å². The van der Waals surface area contributed by atoms with Crippen molar-refractivity contribution < 1.29 is 4.48 Å². The molecular weight excluding hydrogens is 352 g/mol. The maximum absolute atomic E-state index is 3.44. The second kappa shape index (κ2) is 12.7. The van der Waals surface area contributed by atoms with Crippen LogP contribution in [0.25, 0.3) is 0 Å². The Morgan fingerprint density at radius 1 is 0.690 bits per heavy atom. The molecule has 0 fully saturated rings. The molecule has 0 rings (SSSR count). The number of hydrogen-bond donors (Lipinski definition) is 1. The average molecular weight is 406 g/mol. The number of nitrogens with zero attached hydrogens (tertiary/aromatic N) is 1. The molecule has 0 aliphatic rings. The number of likely N-dealkylation sites (N-methyl/N-ethyl adjacent to an activating group) is 1. The van der Waals surface area contributed by atoms with Crippen molar-refractivity contribution in [3.63, 3.8) is 0 Å². The van der Waals surface area contributed by atoms with Gasteiger partial charge in [-0.15, -0.1) is 0 Å². The summed E-state index contributed by atoms with van der Waals surface area (Å²) in [7, 11) is 4.70. The number of hydrogen-bond acceptors (Lipinski definition) is 1. The zero-order valence-corrected chi connectivity index (χ0v) is 21.6. The summed E-state index contributed by atoms with van der Waals surface area (Å²) in [6, 6.07) is 0. The summed E-state index contributed by atoms with van der Waals surface area (Å²) in [5.74, 6) is 0. The predicted molar refractivity (Wildman–Crippen MR) is 133 cm³/mol. The molecule has 2 heteroatoms. The summed E-state index contributed by atoms with van der Waals surface area (Å²) in [6.07, 6.45) is 19.8. The Morgan fingerprint density at radius 2 is 1.21 bits per heavy atom. The van der Waals surface area contributed by atoms with Crippen LogP contribution in [0, 0.1) is 10.8 Å². The first-order valence-electron chi connectivity index (χ1n) is 11.8. The van der Waals surface area contributed by atoms with Crippen LogP contribution >= 0.6 is 0 Å². The summed E-state index contributed by atoms with van der Waals surface area (Å²) < 4.78 is 1.01. The number of nitrogens with one attached hydrogen (secondary N) is 1. The van der Waals surface area contributed by atoms with Gasteiger partial charge in [-0.05, 0) is 63.0 Å². The summed E-state index contributed by atoms with van der Waals surface area (Å²) in [5.41, 5.74) is 0.764. The quantitative estimate of drug-likeness (QED) is 0.173. The molecule has 0 aliphatic carbocycles. The van der Waals surface area contributed by atoms with Crippen LogP contribution in [-0.2, 0) is 0 Å². The summed E-state index contributed by atoms with van der Waals surface area (Å²) >= 11 is 0. The SMILES string of the molecule is CCC=CC[N+](C)(C)C(C)(C)CC=CCC(C)(C)C(C)(C)CC=CCNCCC. The third-order valence-corrected chi connectivity index (χ3v) is 7.33. The molecule has 1 N–H and O–H groups in total. The molecule has 0 radical (unpaired) electrons. The van der Waals surface area contributed by atoms with Gasteiger partial charge in [0, 0.05) is 13.0 Å². The summed E-state index contributed by atoms with van der Waals surface area (Å²) in [4.78, 5) is 0. The van der Waals surface area contributed by atoms with Crippen LogP contribution in [0.1, 0.15) is 87.5 Å². The molecule has 0 amide bonds. The summed E-state index contributed by atoms with van der Waals surface area (Å²) in [5, 5.41) is 3.44. The molecule has 0 atom stereocenters. The van der Waals surface area contributed by atoms with E-state index in [-0.39, 0.29) is 16.4 Å². The Bertz CT molecular complexity index is 519. The second-order valence-corrected chi connectivity index (χ2v) is 11.1. The standard InChI is InChI=1S/C27H53N2/c1-11-13-18-24-29(9,10)27(7,8)21-15-14-19-25(3,4)26(5,6)20-16-17-23-28-22-12-2/h13-18,28H,11-12,19-24H2,1-10H3/q+1. The van der Waals surface area contributed by atoms with E-state index in [9.17, 15) is 0 Å². The van der Waals surface area contributed by atoms with Crippen molar-refractivity contribution in [1.82, 2.24) is 5.32 Å². The number of rotatable bonds is 15. The van der Waals surface area contributed by atoms with Crippen LogP contribution in [0.5, 0.6) is 0 Å². The molecule has 0 aromatic carbocycles. The van der Waals surface area contributed by atoms with Crippen LogP contribution in [-0.4, -0.2) is 43.8 Å². The monoisotopic (exact) mass is 405 g/mol. The van der Waals surface area contributed by atoms with Crippen molar-refractivity contribution in [2.24, 2.45) is 10.8 Å². The average Bonchev–Trinajstić information content (AvgIpc) is 2.61. The maximum atomic E-state index is 3.44. The fourth-order valence-electron chi connectivity index (χ4n) is 3.12. The molecule has 0 unspecified atom stereocenters. The van der Waals surface area contributed by atoms with E-state index >= 15 is 0 Å². The zero-order valence-electron chi connectivity index (χ0n) is 21.6. The Kier molecular flexibility index (Phi) is 12.4. The highest BCUT2D eigenvalue weighted by molar-refractivity contribution is 4.99. The Labute approximate surface area is 184 Å². The Hall–Kier alpha value is -0.860. The van der Waals surface area contributed by atoms with Gasteiger partial charge in [0.15, 0.2) is 0 Å². The Balaban J connectivity index is 4.72. The number of allylic oxidation sites excluding steroid dienone is 3. The van der Waals surface area contributed by atoms with Gasteiger partial charge in [0.1, 0.15) is 0 Å². The van der Waals surface area contributed by atoms with Crippen molar-refractivity contribution in [3.8, 4) is 0 Å². The number of quaternary nitrogens is 1. The lowest BCUT2D eigenvalue weighted by Gasteiger charge is -2.44. The van der Waals surface area contributed by atoms with Gasteiger partial charge >= 0.3 is 0 Å². The van der Waals surface area contributed by atoms with E-state index in [1.165, 1.54) is 6.42 Å². The second-order valence-electron chi connectivity index (χ2n) is 11.1. The lowest BCUT2D eigenvalue weighted by molar-refractivity contribution is -0.932. The lowest BCUT2D eigenvalue weighted by atomic mass is 9.64. The fourth-order valence-corrected chi connectivity index (χ4v) is 3.12. The minimum absolute atomic E-state index is 0.225. The van der Waals surface area contributed by atoms with E-state index in [0.717, 1.165) is 49.8 Å². The van der Waals surface area contributed by atoms with E-state index < -0.39 is 0 Å². The molecule has 29 heavy (non-hydrogen) atoms. The van der Waals surface area contributed by atoms with Crippen LogP contribution in [0.3, 0.4) is 0 Å². The van der Waals surface area contributed by atoms with Gasteiger partial charge in [-0.2, -0.15) is 0 Å². The van der Waals surface area contributed by atoms with E-state index in [4.69, 9.17) is 0 Å². The van der Waals surface area contributed by atoms with Gasteiger partial charge in [0.2, 0.25) is 0 Å². The molecule has 170 valence electrons. The first-order chi connectivity index (χ1) is 13.3. The normalized spacial score (nSPS) is 14.7.